The van der Waals surface area contributed by atoms with Gasteiger partial charge in [-0.3, -0.25) is 4.90 Å². The van der Waals surface area contributed by atoms with E-state index in [0.717, 1.165) is 26.1 Å². The van der Waals surface area contributed by atoms with Crippen molar-refractivity contribution in [3.05, 3.63) is 0 Å². The first-order valence-corrected chi connectivity index (χ1v) is 6.84. The molecule has 0 amide bonds. The van der Waals surface area contributed by atoms with Crippen LogP contribution in [0.4, 0.5) is 0 Å². The van der Waals surface area contributed by atoms with Gasteiger partial charge in [0.2, 0.25) is 0 Å². The van der Waals surface area contributed by atoms with Crippen molar-refractivity contribution in [1.82, 2.24) is 10.2 Å². The number of fused-ring (bicyclic) bond motifs is 1. The lowest BCUT2D eigenvalue weighted by atomic mass is 9.98. The molecule has 0 spiro atoms. The van der Waals surface area contributed by atoms with Crippen LogP contribution >= 0.6 is 0 Å². The van der Waals surface area contributed by atoms with Gasteiger partial charge in [0.25, 0.3) is 0 Å². The van der Waals surface area contributed by atoms with E-state index < -0.39 is 0 Å². The highest BCUT2D eigenvalue weighted by molar-refractivity contribution is 4.91. The van der Waals surface area contributed by atoms with E-state index in [1.165, 1.54) is 19.3 Å². The normalized spacial score (nSPS) is 33.4. The molecular formula is C13H26N2O2. The van der Waals surface area contributed by atoms with Crippen molar-refractivity contribution in [3.63, 3.8) is 0 Å². The van der Waals surface area contributed by atoms with Gasteiger partial charge in [-0.2, -0.15) is 0 Å². The summed E-state index contributed by atoms with van der Waals surface area (Å²) in [7, 11) is 1.92. The van der Waals surface area contributed by atoms with E-state index in [4.69, 9.17) is 4.74 Å². The molecule has 0 aromatic heterocycles. The largest absolute Gasteiger partial charge is 0.394 e. The number of aliphatic hydroxyl groups is 1. The molecule has 1 saturated carbocycles. The number of ether oxygens (including phenoxy) is 1. The van der Waals surface area contributed by atoms with Crippen molar-refractivity contribution in [3.8, 4) is 0 Å². The summed E-state index contributed by atoms with van der Waals surface area (Å²) >= 11 is 0. The Bertz CT molecular complexity index is 244. The number of nitrogens with one attached hydrogen (secondary N) is 1. The van der Waals surface area contributed by atoms with Crippen molar-refractivity contribution in [2.45, 2.75) is 50.3 Å². The number of aliphatic hydroxyl groups excluding tert-OH is 1. The molecule has 17 heavy (non-hydrogen) atoms. The maximum atomic E-state index is 9.40. The topological polar surface area (TPSA) is 44.7 Å². The molecule has 2 aliphatic rings. The lowest BCUT2D eigenvalue weighted by Crippen LogP contribution is -2.52. The van der Waals surface area contributed by atoms with Gasteiger partial charge in [0.05, 0.1) is 19.3 Å². The van der Waals surface area contributed by atoms with E-state index in [1.807, 2.05) is 7.05 Å². The first-order chi connectivity index (χ1) is 8.18. The van der Waals surface area contributed by atoms with Crippen molar-refractivity contribution in [2.24, 2.45) is 0 Å². The van der Waals surface area contributed by atoms with Crippen molar-refractivity contribution in [2.75, 3.05) is 33.4 Å². The average molecular weight is 242 g/mol. The van der Waals surface area contributed by atoms with Crippen molar-refractivity contribution >= 4 is 0 Å². The molecule has 1 aliphatic heterocycles. The second-order valence-corrected chi connectivity index (χ2v) is 5.66. The van der Waals surface area contributed by atoms with Crippen LogP contribution in [-0.4, -0.2) is 61.0 Å². The number of rotatable bonds is 5. The van der Waals surface area contributed by atoms with Crippen LogP contribution in [0.15, 0.2) is 0 Å². The summed E-state index contributed by atoms with van der Waals surface area (Å²) in [6.45, 7) is 5.26. The fourth-order valence-corrected chi connectivity index (χ4v) is 2.96. The van der Waals surface area contributed by atoms with Crippen LogP contribution in [0.25, 0.3) is 0 Å². The Hall–Kier alpha value is -0.160. The van der Waals surface area contributed by atoms with Gasteiger partial charge in [-0.1, -0.05) is 0 Å². The summed E-state index contributed by atoms with van der Waals surface area (Å²) in [4.78, 5) is 2.56. The summed E-state index contributed by atoms with van der Waals surface area (Å²) in [6, 6.07) is 0.628. The Kier molecular flexibility index (Phi) is 4.42. The molecule has 1 heterocycles. The Balaban J connectivity index is 1.85. The molecular weight excluding hydrogens is 216 g/mol. The molecule has 100 valence electrons. The molecule has 4 nitrogen and oxygen atoms in total. The number of likely N-dealkylation sites (N-methyl/N-ethyl adjacent to an activating group) is 1. The molecule has 1 aliphatic carbocycles. The molecule has 0 radical (unpaired) electrons. The minimum absolute atomic E-state index is 0.146. The summed E-state index contributed by atoms with van der Waals surface area (Å²) in [5, 5.41) is 12.6. The SMILES string of the molecule is CNC(C)(CO)CCN1CCOC2CCCC21. The van der Waals surface area contributed by atoms with E-state index in [9.17, 15) is 5.11 Å². The van der Waals surface area contributed by atoms with E-state index in [2.05, 4.69) is 17.1 Å². The van der Waals surface area contributed by atoms with Crippen LogP contribution in [-0.2, 0) is 4.74 Å². The monoisotopic (exact) mass is 242 g/mol. The summed E-state index contributed by atoms with van der Waals surface area (Å²) < 4.78 is 5.81. The highest BCUT2D eigenvalue weighted by Gasteiger charge is 2.36. The van der Waals surface area contributed by atoms with Crippen LogP contribution in [0.2, 0.25) is 0 Å². The maximum Gasteiger partial charge on any atom is 0.0730 e. The molecule has 4 heteroatoms. The fourth-order valence-electron chi connectivity index (χ4n) is 2.96. The number of nitrogens with zero attached hydrogens (tertiary/aromatic N) is 1. The van der Waals surface area contributed by atoms with E-state index in [0.29, 0.717) is 12.1 Å². The Labute approximate surface area is 104 Å². The van der Waals surface area contributed by atoms with Gasteiger partial charge in [-0.25, -0.2) is 0 Å². The van der Waals surface area contributed by atoms with Gasteiger partial charge in [0.15, 0.2) is 0 Å². The van der Waals surface area contributed by atoms with Gasteiger partial charge >= 0.3 is 0 Å². The fraction of sp³-hybridized carbons (Fsp3) is 1.00. The predicted molar refractivity (Wildman–Crippen MR) is 68.1 cm³/mol. The van der Waals surface area contributed by atoms with Crippen LogP contribution in [0, 0.1) is 0 Å². The summed E-state index contributed by atoms with van der Waals surface area (Å²) in [6.07, 6.45) is 5.27. The number of morpholine rings is 1. The zero-order valence-electron chi connectivity index (χ0n) is 11.1. The maximum absolute atomic E-state index is 9.40. The van der Waals surface area contributed by atoms with E-state index in [1.54, 1.807) is 0 Å². The molecule has 2 N–H and O–H groups in total. The lowest BCUT2D eigenvalue weighted by Gasteiger charge is -2.39. The van der Waals surface area contributed by atoms with Crippen LogP contribution in [0.1, 0.15) is 32.6 Å². The molecule has 0 bridgehead atoms. The Morgan fingerprint density at radius 1 is 1.47 bits per heavy atom. The third-order valence-electron chi connectivity index (χ3n) is 4.50. The van der Waals surface area contributed by atoms with Crippen molar-refractivity contribution in [1.29, 1.82) is 0 Å². The smallest absolute Gasteiger partial charge is 0.0730 e. The first-order valence-electron chi connectivity index (χ1n) is 6.84. The Morgan fingerprint density at radius 3 is 3.00 bits per heavy atom. The number of hydrogen-bond donors (Lipinski definition) is 2. The molecule has 0 aromatic carbocycles. The van der Waals surface area contributed by atoms with Crippen LogP contribution in [0.3, 0.4) is 0 Å². The quantitative estimate of drug-likeness (QED) is 0.741. The third kappa shape index (κ3) is 2.99. The molecule has 0 aromatic rings. The van der Waals surface area contributed by atoms with Gasteiger partial charge < -0.3 is 15.2 Å². The van der Waals surface area contributed by atoms with Gasteiger partial charge in [-0.05, 0) is 39.7 Å². The zero-order valence-corrected chi connectivity index (χ0v) is 11.1. The second kappa shape index (κ2) is 5.65. The van der Waals surface area contributed by atoms with Gasteiger partial charge in [-0.15, -0.1) is 0 Å². The molecule has 3 atom stereocenters. The average Bonchev–Trinajstić information content (AvgIpc) is 2.84. The summed E-state index contributed by atoms with van der Waals surface area (Å²) in [5.41, 5.74) is -0.146. The van der Waals surface area contributed by atoms with Gasteiger partial charge in [0, 0.05) is 24.7 Å². The minimum Gasteiger partial charge on any atom is -0.394 e. The predicted octanol–water partition coefficient (Wildman–Crippen LogP) is 0.600. The lowest BCUT2D eigenvalue weighted by molar-refractivity contribution is -0.0582. The molecule has 2 fully saturated rings. The second-order valence-electron chi connectivity index (χ2n) is 5.66. The van der Waals surface area contributed by atoms with E-state index in [-0.39, 0.29) is 12.1 Å². The minimum atomic E-state index is -0.146. The standard InChI is InChI=1S/C13H26N2O2/c1-13(10-16,14-2)6-7-15-8-9-17-12-5-3-4-11(12)15/h11-12,14,16H,3-10H2,1-2H3. The van der Waals surface area contributed by atoms with E-state index >= 15 is 0 Å². The molecule has 3 unspecified atom stereocenters. The molecule has 1 saturated heterocycles. The van der Waals surface area contributed by atoms with Crippen LogP contribution in [0.5, 0.6) is 0 Å². The summed E-state index contributed by atoms with van der Waals surface area (Å²) in [5.74, 6) is 0. The van der Waals surface area contributed by atoms with Gasteiger partial charge in [0.1, 0.15) is 0 Å². The Morgan fingerprint density at radius 2 is 2.29 bits per heavy atom. The van der Waals surface area contributed by atoms with Crippen molar-refractivity contribution < 1.29 is 9.84 Å². The molecule has 2 rings (SSSR count). The first kappa shape index (κ1) is 13.3. The highest BCUT2D eigenvalue weighted by atomic mass is 16.5. The third-order valence-corrected chi connectivity index (χ3v) is 4.50. The highest BCUT2D eigenvalue weighted by Crippen LogP contribution is 2.30. The number of hydrogen-bond acceptors (Lipinski definition) is 4. The zero-order chi connectivity index (χ0) is 12.3. The van der Waals surface area contributed by atoms with Crippen LogP contribution < -0.4 is 5.32 Å².